The van der Waals surface area contributed by atoms with Crippen LogP contribution in [0, 0.1) is 0 Å². The van der Waals surface area contributed by atoms with Gasteiger partial charge in [-0.3, -0.25) is 0 Å². The molecule has 5 nitrogen and oxygen atoms in total. The molecule has 112 valence electrons. The fourth-order valence-electron chi connectivity index (χ4n) is 1.79. The fourth-order valence-corrected chi connectivity index (χ4v) is 1.97. The molecule has 0 saturated carbocycles. The van der Waals surface area contributed by atoms with Crippen molar-refractivity contribution in [3.63, 3.8) is 0 Å². The highest BCUT2D eigenvalue weighted by atomic mass is 35.5. The van der Waals surface area contributed by atoms with Gasteiger partial charge in [-0.15, -0.1) is 0 Å². The molecule has 0 radical (unpaired) electrons. The summed E-state index contributed by atoms with van der Waals surface area (Å²) in [6.45, 7) is 2.06. The van der Waals surface area contributed by atoms with Crippen LogP contribution in [0.1, 0.15) is 24.2 Å². The summed E-state index contributed by atoms with van der Waals surface area (Å²) in [4.78, 5) is 4.31. The number of halogens is 1. The maximum absolute atomic E-state index is 5.99. The molecule has 0 aliphatic heterocycles. The van der Waals surface area contributed by atoms with Crippen LogP contribution in [0.3, 0.4) is 0 Å². The standard InChI is InChI=1S/C15H18ClN3O2/c1-10(17-2)8-14-18-15(21-19-14)7-4-11-9-12(16)5-6-13(11)20-3/h4-7,9-10,17H,8H2,1-3H3/b7-4+. The Bertz CT molecular complexity index is 625. The summed E-state index contributed by atoms with van der Waals surface area (Å²) < 4.78 is 10.5. The molecule has 0 bridgehead atoms. The van der Waals surface area contributed by atoms with Gasteiger partial charge in [0.1, 0.15) is 5.75 Å². The minimum atomic E-state index is 0.299. The van der Waals surface area contributed by atoms with Crippen molar-refractivity contribution in [2.45, 2.75) is 19.4 Å². The highest BCUT2D eigenvalue weighted by Gasteiger charge is 2.08. The predicted octanol–water partition coefficient (Wildman–Crippen LogP) is 3.05. The molecule has 0 fully saturated rings. The topological polar surface area (TPSA) is 60.2 Å². The normalized spacial score (nSPS) is 12.8. The molecule has 1 heterocycles. The van der Waals surface area contributed by atoms with Crippen LogP contribution in [-0.2, 0) is 6.42 Å². The minimum Gasteiger partial charge on any atom is -0.496 e. The van der Waals surface area contributed by atoms with E-state index in [0.717, 1.165) is 11.3 Å². The van der Waals surface area contributed by atoms with Crippen molar-refractivity contribution < 1.29 is 9.26 Å². The van der Waals surface area contributed by atoms with Crippen molar-refractivity contribution in [1.29, 1.82) is 0 Å². The van der Waals surface area contributed by atoms with Gasteiger partial charge in [-0.2, -0.15) is 4.98 Å². The Kier molecular flexibility index (Phi) is 5.36. The van der Waals surface area contributed by atoms with Gasteiger partial charge in [-0.25, -0.2) is 0 Å². The van der Waals surface area contributed by atoms with E-state index in [1.54, 1.807) is 19.3 Å². The summed E-state index contributed by atoms with van der Waals surface area (Å²) >= 11 is 5.99. The molecule has 6 heteroatoms. The number of nitrogens with one attached hydrogen (secondary N) is 1. The molecular formula is C15H18ClN3O2. The molecule has 1 atom stereocenters. The lowest BCUT2D eigenvalue weighted by Gasteiger charge is -2.04. The lowest BCUT2D eigenvalue weighted by molar-refractivity contribution is 0.400. The van der Waals surface area contributed by atoms with Crippen molar-refractivity contribution >= 4 is 23.8 Å². The number of aromatic nitrogens is 2. The van der Waals surface area contributed by atoms with E-state index in [0.29, 0.717) is 29.2 Å². The zero-order valence-electron chi connectivity index (χ0n) is 12.3. The van der Waals surface area contributed by atoms with E-state index in [2.05, 4.69) is 22.4 Å². The molecule has 0 spiro atoms. The van der Waals surface area contributed by atoms with E-state index in [9.17, 15) is 0 Å². The van der Waals surface area contributed by atoms with E-state index < -0.39 is 0 Å². The summed E-state index contributed by atoms with van der Waals surface area (Å²) in [7, 11) is 3.52. The average molecular weight is 308 g/mol. The van der Waals surface area contributed by atoms with E-state index >= 15 is 0 Å². The Morgan fingerprint density at radius 2 is 2.24 bits per heavy atom. The number of likely N-dealkylation sites (N-methyl/N-ethyl adjacent to an activating group) is 1. The smallest absolute Gasteiger partial charge is 0.250 e. The van der Waals surface area contributed by atoms with Crippen LogP contribution in [0.25, 0.3) is 12.2 Å². The molecule has 1 aromatic carbocycles. The van der Waals surface area contributed by atoms with Gasteiger partial charge in [0.05, 0.1) is 7.11 Å². The quantitative estimate of drug-likeness (QED) is 0.889. The third-order valence-electron chi connectivity index (χ3n) is 3.06. The molecule has 0 amide bonds. The van der Waals surface area contributed by atoms with Gasteiger partial charge in [0.25, 0.3) is 5.89 Å². The van der Waals surface area contributed by atoms with E-state index in [1.165, 1.54) is 0 Å². The third-order valence-corrected chi connectivity index (χ3v) is 3.30. The van der Waals surface area contributed by atoms with Crippen LogP contribution in [0.15, 0.2) is 22.7 Å². The molecule has 0 aliphatic carbocycles. The first-order chi connectivity index (χ1) is 10.1. The van der Waals surface area contributed by atoms with Crippen LogP contribution in [0.2, 0.25) is 5.02 Å². The Morgan fingerprint density at radius 3 is 2.95 bits per heavy atom. The monoisotopic (exact) mass is 307 g/mol. The number of benzene rings is 1. The van der Waals surface area contributed by atoms with E-state index in [4.69, 9.17) is 20.9 Å². The van der Waals surface area contributed by atoms with Gasteiger partial charge in [0.15, 0.2) is 5.82 Å². The fraction of sp³-hybridized carbons (Fsp3) is 0.333. The van der Waals surface area contributed by atoms with Crippen molar-refractivity contribution in [3.05, 3.63) is 40.5 Å². The lowest BCUT2D eigenvalue weighted by Crippen LogP contribution is -2.24. The van der Waals surface area contributed by atoms with Crippen molar-refractivity contribution in [3.8, 4) is 5.75 Å². The van der Waals surface area contributed by atoms with Crippen molar-refractivity contribution in [1.82, 2.24) is 15.5 Å². The van der Waals surface area contributed by atoms with Crippen molar-refractivity contribution in [2.75, 3.05) is 14.2 Å². The van der Waals surface area contributed by atoms with Gasteiger partial charge >= 0.3 is 0 Å². The molecule has 1 N–H and O–H groups in total. The summed E-state index contributed by atoms with van der Waals surface area (Å²) in [5.41, 5.74) is 0.855. The zero-order valence-corrected chi connectivity index (χ0v) is 13.0. The first-order valence-electron chi connectivity index (χ1n) is 6.64. The first-order valence-corrected chi connectivity index (χ1v) is 7.01. The number of ether oxygens (including phenoxy) is 1. The predicted molar refractivity (Wildman–Crippen MR) is 83.5 cm³/mol. The highest BCUT2D eigenvalue weighted by molar-refractivity contribution is 6.30. The SMILES string of the molecule is CNC(C)Cc1noc(/C=C/c2cc(Cl)ccc2OC)n1. The minimum absolute atomic E-state index is 0.299. The molecular weight excluding hydrogens is 290 g/mol. The van der Waals surface area contributed by atoms with Gasteiger partial charge in [-0.1, -0.05) is 16.8 Å². The Hall–Kier alpha value is -1.85. The molecule has 1 aromatic heterocycles. The van der Waals surface area contributed by atoms with Crippen LogP contribution in [0.5, 0.6) is 5.75 Å². The van der Waals surface area contributed by atoms with Crippen molar-refractivity contribution in [2.24, 2.45) is 0 Å². The van der Waals surface area contributed by atoms with Gasteiger partial charge < -0.3 is 14.6 Å². The second-order valence-corrected chi connectivity index (χ2v) is 5.10. The summed E-state index contributed by atoms with van der Waals surface area (Å²) in [5.74, 6) is 1.86. The Labute approximate surface area is 129 Å². The molecule has 0 saturated heterocycles. The second kappa shape index (κ2) is 7.24. The van der Waals surface area contributed by atoms with Crippen LogP contribution >= 0.6 is 11.6 Å². The highest BCUT2D eigenvalue weighted by Crippen LogP contribution is 2.24. The number of nitrogens with zero attached hydrogens (tertiary/aromatic N) is 2. The zero-order chi connectivity index (χ0) is 15.2. The number of methoxy groups -OCH3 is 1. The maximum Gasteiger partial charge on any atom is 0.250 e. The molecule has 0 aliphatic rings. The number of hydrogen-bond donors (Lipinski definition) is 1. The van der Waals surface area contributed by atoms with E-state index in [-0.39, 0.29) is 0 Å². The summed E-state index contributed by atoms with van der Waals surface area (Å²) in [6.07, 6.45) is 4.30. The Morgan fingerprint density at radius 1 is 1.43 bits per heavy atom. The van der Waals surface area contributed by atoms with Crippen LogP contribution in [-0.4, -0.2) is 30.3 Å². The largest absolute Gasteiger partial charge is 0.496 e. The number of rotatable bonds is 6. The molecule has 2 rings (SSSR count). The maximum atomic E-state index is 5.99. The molecule has 2 aromatic rings. The van der Waals surface area contributed by atoms with Gasteiger partial charge in [0.2, 0.25) is 0 Å². The van der Waals surface area contributed by atoms with Gasteiger partial charge in [-0.05, 0) is 38.2 Å². The van der Waals surface area contributed by atoms with Gasteiger partial charge in [0, 0.05) is 29.1 Å². The van der Waals surface area contributed by atoms with E-state index in [1.807, 2.05) is 25.3 Å². The van der Waals surface area contributed by atoms with Crippen LogP contribution < -0.4 is 10.1 Å². The second-order valence-electron chi connectivity index (χ2n) is 4.66. The first kappa shape index (κ1) is 15.5. The van der Waals surface area contributed by atoms with Crippen LogP contribution in [0.4, 0.5) is 0 Å². The number of hydrogen-bond acceptors (Lipinski definition) is 5. The molecule has 21 heavy (non-hydrogen) atoms. The lowest BCUT2D eigenvalue weighted by atomic mass is 10.2. The summed E-state index contributed by atoms with van der Waals surface area (Å²) in [6, 6.07) is 5.71. The average Bonchev–Trinajstić information content (AvgIpc) is 2.92. The molecule has 1 unspecified atom stereocenters. The summed E-state index contributed by atoms with van der Waals surface area (Å²) in [5, 5.41) is 7.72. The third kappa shape index (κ3) is 4.31. The Balaban J connectivity index is 2.13.